The van der Waals surface area contributed by atoms with Gasteiger partial charge in [-0.3, -0.25) is 4.79 Å². The summed E-state index contributed by atoms with van der Waals surface area (Å²) < 4.78 is 7.35. The lowest BCUT2D eigenvalue weighted by Crippen LogP contribution is -2.11. The number of amides is 1. The second kappa shape index (κ2) is 8.03. The van der Waals surface area contributed by atoms with Crippen LogP contribution in [0.4, 0.5) is 5.69 Å². The van der Waals surface area contributed by atoms with Crippen molar-refractivity contribution in [3.63, 3.8) is 0 Å². The molecule has 1 fully saturated rings. The van der Waals surface area contributed by atoms with Gasteiger partial charge < -0.3 is 10.1 Å². The van der Waals surface area contributed by atoms with Crippen molar-refractivity contribution in [3.8, 4) is 11.4 Å². The fourth-order valence-corrected chi connectivity index (χ4v) is 3.77. The Hall–Kier alpha value is -3.59. The van der Waals surface area contributed by atoms with Crippen molar-refractivity contribution in [2.75, 3.05) is 5.32 Å². The standard InChI is InChI=1S/C21H18N6O2S/c28-21(23-16-5-7-17(8-6-16)27-13-22-25-26-27)15-3-9-18(10-4-15)29-11-20-24-19(12-30-20)14-1-2-14/h3-10,12-14H,1-2,11H2,(H,23,28). The Morgan fingerprint density at radius 2 is 1.93 bits per heavy atom. The van der Waals surface area contributed by atoms with E-state index in [1.807, 2.05) is 12.1 Å². The highest BCUT2D eigenvalue weighted by atomic mass is 32.1. The van der Waals surface area contributed by atoms with Crippen molar-refractivity contribution in [2.24, 2.45) is 0 Å². The van der Waals surface area contributed by atoms with Crippen molar-refractivity contribution >= 4 is 22.9 Å². The van der Waals surface area contributed by atoms with Crippen LogP contribution >= 0.6 is 11.3 Å². The third-order valence-corrected chi connectivity index (χ3v) is 5.62. The molecule has 0 radical (unpaired) electrons. The monoisotopic (exact) mass is 418 g/mol. The van der Waals surface area contributed by atoms with Crippen LogP contribution in [0.1, 0.15) is 39.8 Å². The number of tetrazole rings is 1. The van der Waals surface area contributed by atoms with Crippen LogP contribution in [-0.2, 0) is 6.61 Å². The summed E-state index contributed by atoms with van der Waals surface area (Å²) in [6.07, 6.45) is 4.01. The molecule has 0 aliphatic heterocycles. The van der Waals surface area contributed by atoms with Crippen LogP contribution < -0.4 is 10.1 Å². The van der Waals surface area contributed by atoms with Gasteiger partial charge in [0.2, 0.25) is 0 Å². The number of carbonyl (C=O) groups excluding carboxylic acids is 1. The van der Waals surface area contributed by atoms with E-state index < -0.39 is 0 Å². The van der Waals surface area contributed by atoms with Gasteiger partial charge >= 0.3 is 0 Å². The normalized spacial score (nSPS) is 13.2. The van der Waals surface area contributed by atoms with Crippen molar-refractivity contribution in [3.05, 3.63) is 76.5 Å². The molecule has 150 valence electrons. The second-order valence-electron chi connectivity index (χ2n) is 7.01. The number of anilines is 1. The first-order chi connectivity index (χ1) is 14.7. The minimum atomic E-state index is -0.189. The predicted octanol–water partition coefficient (Wildman–Crippen LogP) is 3.83. The van der Waals surface area contributed by atoms with Crippen molar-refractivity contribution in [1.82, 2.24) is 25.2 Å². The molecule has 2 aromatic carbocycles. The topological polar surface area (TPSA) is 94.8 Å². The van der Waals surface area contributed by atoms with Crippen LogP contribution in [0.25, 0.3) is 5.69 Å². The fourth-order valence-electron chi connectivity index (χ4n) is 2.99. The number of carbonyl (C=O) groups is 1. The van der Waals surface area contributed by atoms with E-state index in [0.29, 0.717) is 29.5 Å². The molecule has 1 amide bonds. The highest BCUT2D eigenvalue weighted by Crippen LogP contribution is 2.40. The second-order valence-corrected chi connectivity index (χ2v) is 7.95. The average Bonchev–Trinajstić information content (AvgIpc) is 3.27. The molecule has 0 bridgehead atoms. The molecule has 0 spiro atoms. The molecule has 1 N–H and O–H groups in total. The average molecular weight is 418 g/mol. The van der Waals surface area contributed by atoms with Crippen LogP contribution in [0.2, 0.25) is 0 Å². The van der Waals surface area contributed by atoms with E-state index in [-0.39, 0.29) is 5.91 Å². The molecule has 1 saturated carbocycles. The number of nitrogens with one attached hydrogen (secondary N) is 1. The molecular weight excluding hydrogens is 400 g/mol. The van der Waals surface area contributed by atoms with E-state index in [0.717, 1.165) is 10.7 Å². The third-order valence-electron chi connectivity index (χ3n) is 4.78. The summed E-state index contributed by atoms with van der Waals surface area (Å²) in [4.78, 5) is 17.1. The van der Waals surface area contributed by atoms with Gasteiger partial charge in [0.1, 0.15) is 23.7 Å². The first kappa shape index (κ1) is 18.4. The van der Waals surface area contributed by atoms with E-state index >= 15 is 0 Å². The molecule has 1 aliphatic rings. The highest BCUT2D eigenvalue weighted by Gasteiger charge is 2.26. The molecule has 0 unspecified atom stereocenters. The molecule has 30 heavy (non-hydrogen) atoms. The summed E-state index contributed by atoms with van der Waals surface area (Å²) in [6.45, 7) is 0.441. The van der Waals surface area contributed by atoms with E-state index in [2.05, 4.69) is 31.2 Å². The molecule has 2 aromatic heterocycles. The largest absolute Gasteiger partial charge is 0.486 e. The van der Waals surface area contributed by atoms with Gasteiger partial charge in [0.15, 0.2) is 0 Å². The first-order valence-corrected chi connectivity index (χ1v) is 10.4. The molecular formula is C21H18N6O2S. The Bertz CT molecular complexity index is 1140. The Kier molecular flexibility index (Phi) is 4.94. The Morgan fingerprint density at radius 3 is 2.63 bits per heavy atom. The Morgan fingerprint density at radius 1 is 1.13 bits per heavy atom. The van der Waals surface area contributed by atoms with Gasteiger partial charge in [0.25, 0.3) is 5.91 Å². The zero-order chi connectivity index (χ0) is 20.3. The van der Waals surface area contributed by atoms with Gasteiger partial charge in [-0.25, -0.2) is 9.67 Å². The van der Waals surface area contributed by atoms with E-state index in [1.54, 1.807) is 52.4 Å². The van der Waals surface area contributed by atoms with Crippen LogP contribution in [0.15, 0.2) is 60.2 Å². The number of thiazole rings is 1. The molecule has 4 aromatic rings. The summed E-state index contributed by atoms with van der Waals surface area (Å²) >= 11 is 1.63. The van der Waals surface area contributed by atoms with Crippen LogP contribution in [0.5, 0.6) is 5.75 Å². The number of aromatic nitrogens is 5. The molecule has 0 atom stereocenters. The fraction of sp³-hybridized carbons (Fsp3) is 0.190. The van der Waals surface area contributed by atoms with Crippen molar-refractivity contribution in [2.45, 2.75) is 25.4 Å². The number of hydrogen-bond acceptors (Lipinski definition) is 7. The van der Waals surface area contributed by atoms with Gasteiger partial charge in [-0.1, -0.05) is 0 Å². The third kappa shape index (κ3) is 4.20. The first-order valence-electron chi connectivity index (χ1n) is 9.56. The minimum absolute atomic E-state index is 0.189. The maximum absolute atomic E-state index is 12.5. The van der Waals surface area contributed by atoms with Gasteiger partial charge in [0, 0.05) is 22.5 Å². The molecule has 9 heteroatoms. The van der Waals surface area contributed by atoms with E-state index in [4.69, 9.17) is 4.74 Å². The van der Waals surface area contributed by atoms with Crippen molar-refractivity contribution < 1.29 is 9.53 Å². The van der Waals surface area contributed by atoms with Gasteiger partial charge in [-0.05, 0) is 71.8 Å². The van der Waals surface area contributed by atoms with Crippen molar-refractivity contribution in [1.29, 1.82) is 0 Å². The maximum atomic E-state index is 12.5. The summed E-state index contributed by atoms with van der Waals surface area (Å²) in [6, 6.07) is 14.4. The summed E-state index contributed by atoms with van der Waals surface area (Å²) in [5.41, 5.74) is 3.24. The van der Waals surface area contributed by atoms with Gasteiger partial charge in [-0.2, -0.15) is 0 Å². The highest BCUT2D eigenvalue weighted by molar-refractivity contribution is 7.09. The maximum Gasteiger partial charge on any atom is 0.255 e. The SMILES string of the molecule is O=C(Nc1ccc(-n2cnnn2)cc1)c1ccc(OCc2nc(C3CC3)cs2)cc1. The van der Waals surface area contributed by atoms with Crippen LogP contribution in [0, 0.1) is 0 Å². The quantitative estimate of drug-likeness (QED) is 0.490. The summed E-state index contributed by atoms with van der Waals surface area (Å²) in [5.74, 6) is 1.18. The minimum Gasteiger partial charge on any atom is -0.486 e. The van der Waals surface area contributed by atoms with Crippen LogP contribution in [0.3, 0.4) is 0 Å². The number of nitrogens with zero attached hydrogens (tertiary/aromatic N) is 5. The van der Waals surface area contributed by atoms with Gasteiger partial charge in [-0.15, -0.1) is 16.4 Å². The zero-order valence-corrected chi connectivity index (χ0v) is 16.7. The number of rotatable bonds is 7. The molecule has 5 rings (SSSR count). The zero-order valence-electron chi connectivity index (χ0n) is 15.9. The lowest BCUT2D eigenvalue weighted by Gasteiger charge is -2.08. The predicted molar refractivity (Wildman–Crippen MR) is 112 cm³/mol. The molecule has 1 aliphatic carbocycles. The Balaban J connectivity index is 1.16. The smallest absolute Gasteiger partial charge is 0.255 e. The lowest BCUT2D eigenvalue weighted by molar-refractivity contribution is 0.102. The number of benzene rings is 2. The van der Waals surface area contributed by atoms with Gasteiger partial charge in [0.05, 0.1) is 11.4 Å². The van der Waals surface area contributed by atoms with Crippen LogP contribution in [-0.4, -0.2) is 31.1 Å². The molecule has 0 saturated heterocycles. The number of hydrogen-bond donors (Lipinski definition) is 1. The molecule has 2 heterocycles. The summed E-state index contributed by atoms with van der Waals surface area (Å²) in [7, 11) is 0. The Labute approximate surface area is 176 Å². The number of ether oxygens (including phenoxy) is 1. The van der Waals surface area contributed by atoms with E-state index in [9.17, 15) is 4.79 Å². The summed E-state index contributed by atoms with van der Waals surface area (Å²) in [5, 5.41) is 17.0. The lowest BCUT2D eigenvalue weighted by atomic mass is 10.2. The molecule has 8 nitrogen and oxygen atoms in total. The van der Waals surface area contributed by atoms with E-state index in [1.165, 1.54) is 24.9 Å².